The zero-order chi connectivity index (χ0) is 17.2. The van der Waals surface area contributed by atoms with Crippen LogP contribution >= 0.6 is 0 Å². The highest BCUT2D eigenvalue weighted by atomic mass is 19.1. The average molecular weight is 341 g/mol. The molecule has 7 heteroatoms. The Kier molecular flexibility index (Phi) is 4.05. The van der Waals surface area contributed by atoms with Crippen molar-refractivity contribution in [3.63, 3.8) is 0 Å². The predicted octanol–water partition coefficient (Wildman–Crippen LogP) is 3.89. The molecule has 0 bridgehead atoms. The second-order valence-corrected chi connectivity index (χ2v) is 6.01. The van der Waals surface area contributed by atoms with Crippen LogP contribution in [0, 0.1) is 11.6 Å². The van der Waals surface area contributed by atoms with Crippen molar-refractivity contribution in [1.82, 2.24) is 14.8 Å². The maximum Gasteiger partial charge on any atom is 0.246 e. The summed E-state index contributed by atoms with van der Waals surface area (Å²) < 4.78 is 28.5. The molecule has 2 aromatic carbocycles. The van der Waals surface area contributed by atoms with Gasteiger partial charge in [0.15, 0.2) is 0 Å². The van der Waals surface area contributed by atoms with Crippen molar-refractivity contribution in [3.05, 3.63) is 60.4 Å². The van der Waals surface area contributed by atoms with Gasteiger partial charge in [0.1, 0.15) is 18.0 Å². The third kappa shape index (κ3) is 3.45. The van der Waals surface area contributed by atoms with E-state index in [1.54, 1.807) is 18.2 Å². The minimum absolute atomic E-state index is 0.301. The van der Waals surface area contributed by atoms with Crippen molar-refractivity contribution in [2.75, 3.05) is 23.3 Å². The summed E-state index contributed by atoms with van der Waals surface area (Å²) in [6, 6.07) is 10.8. The van der Waals surface area contributed by atoms with Crippen LogP contribution in [-0.2, 0) is 0 Å². The van der Waals surface area contributed by atoms with Crippen molar-refractivity contribution in [2.45, 2.75) is 12.8 Å². The molecule has 0 amide bonds. The molecule has 1 fully saturated rings. The molecule has 2 heterocycles. The van der Waals surface area contributed by atoms with Crippen molar-refractivity contribution in [1.29, 1.82) is 0 Å². The molecule has 1 aromatic heterocycles. The molecular weight excluding hydrogens is 324 g/mol. The van der Waals surface area contributed by atoms with Crippen LogP contribution in [-0.4, -0.2) is 27.9 Å². The maximum absolute atomic E-state index is 13.9. The number of rotatable bonds is 4. The van der Waals surface area contributed by atoms with Crippen LogP contribution in [0.25, 0.3) is 5.69 Å². The molecule has 0 atom stereocenters. The highest BCUT2D eigenvalue weighted by Crippen LogP contribution is 2.26. The lowest BCUT2D eigenvalue weighted by molar-refractivity contribution is 0.627. The van der Waals surface area contributed by atoms with Crippen LogP contribution in [0.5, 0.6) is 0 Å². The predicted molar refractivity (Wildman–Crippen MR) is 92.4 cm³/mol. The SMILES string of the molecule is Fc1ccc(-n2cnc(Nc3cc(F)cc(N4CCCC4)c3)n2)cc1. The van der Waals surface area contributed by atoms with E-state index >= 15 is 0 Å². The molecule has 0 radical (unpaired) electrons. The standard InChI is InChI=1S/C18H17F2N5/c19-13-3-5-16(6-4-13)25-12-21-18(23-25)22-15-9-14(20)10-17(11-15)24-7-1-2-8-24/h3-6,9-12H,1-2,7-8H2,(H,22,23). The lowest BCUT2D eigenvalue weighted by atomic mass is 10.2. The number of nitrogens with one attached hydrogen (secondary N) is 1. The first-order chi connectivity index (χ1) is 12.2. The molecule has 0 unspecified atom stereocenters. The van der Waals surface area contributed by atoms with Crippen molar-refractivity contribution in [2.24, 2.45) is 0 Å². The third-order valence-electron chi connectivity index (χ3n) is 4.19. The first kappa shape index (κ1) is 15.6. The van der Waals surface area contributed by atoms with Crippen LogP contribution in [0.2, 0.25) is 0 Å². The largest absolute Gasteiger partial charge is 0.371 e. The molecule has 1 aliphatic heterocycles. The van der Waals surface area contributed by atoms with Gasteiger partial charge in [-0.05, 0) is 55.3 Å². The Morgan fingerprint density at radius 1 is 0.880 bits per heavy atom. The summed E-state index contributed by atoms with van der Waals surface area (Å²) in [5.74, 6) is -0.261. The molecule has 1 saturated heterocycles. The smallest absolute Gasteiger partial charge is 0.246 e. The number of hydrogen-bond donors (Lipinski definition) is 1. The normalized spacial score (nSPS) is 14.1. The van der Waals surface area contributed by atoms with Crippen molar-refractivity contribution < 1.29 is 8.78 Å². The molecule has 25 heavy (non-hydrogen) atoms. The van der Waals surface area contributed by atoms with Gasteiger partial charge >= 0.3 is 0 Å². The zero-order valence-electron chi connectivity index (χ0n) is 13.5. The van der Waals surface area contributed by atoms with Gasteiger partial charge in [-0.3, -0.25) is 0 Å². The molecule has 128 valence electrons. The van der Waals surface area contributed by atoms with Crippen molar-refractivity contribution >= 4 is 17.3 Å². The summed E-state index contributed by atoms with van der Waals surface area (Å²) in [7, 11) is 0. The molecule has 4 rings (SSSR count). The first-order valence-corrected chi connectivity index (χ1v) is 8.17. The van der Waals surface area contributed by atoms with E-state index in [2.05, 4.69) is 20.3 Å². The highest BCUT2D eigenvalue weighted by Gasteiger charge is 2.14. The monoisotopic (exact) mass is 341 g/mol. The fraction of sp³-hybridized carbons (Fsp3) is 0.222. The maximum atomic E-state index is 13.9. The van der Waals surface area contributed by atoms with Crippen molar-refractivity contribution in [3.8, 4) is 5.69 Å². The van der Waals surface area contributed by atoms with Gasteiger partial charge in [0, 0.05) is 24.5 Å². The topological polar surface area (TPSA) is 46.0 Å². The summed E-state index contributed by atoms with van der Waals surface area (Å²) >= 11 is 0. The third-order valence-corrected chi connectivity index (χ3v) is 4.19. The van der Waals surface area contributed by atoms with E-state index in [1.165, 1.54) is 29.2 Å². The molecule has 0 saturated carbocycles. The summed E-state index contributed by atoms with van der Waals surface area (Å²) in [4.78, 5) is 6.34. The molecule has 1 aliphatic rings. The number of hydrogen-bond acceptors (Lipinski definition) is 4. The molecule has 5 nitrogen and oxygen atoms in total. The van der Waals surface area contributed by atoms with Crippen LogP contribution in [0.3, 0.4) is 0 Å². The lowest BCUT2D eigenvalue weighted by Gasteiger charge is -2.18. The Morgan fingerprint density at radius 2 is 1.64 bits per heavy atom. The van der Waals surface area contributed by atoms with Gasteiger partial charge in [0.2, 0.25) is 5.95 Å². The number of nitrogens with zero attached hydrogens (tertiary/aromatic N) is 4. The second-order valence-electron chi connectivity index (χ2n) is 6.01. The lowest BCUT2D eigenvalue weighted by Crippen LogP contribution is -2.17. The highest BCUT2D eigenvalue weighted by molar-refractivity contribution is 5.62. The summed E-state index contributed by atoms with van der Waals surface area (Å²) in [6.45, 7) is 1.89. The number of benzene rings is 2. The van der Waals surface area contributed by atoms with E-state index in [0.29, 0.717) is 17.3 Å². The van der Waals surface area contributed by atoms with E-state index in [9.17, 15) is 8.78 Å². The quantitative estimate of drug-likeness (QED) is 0.782. The Balaban J connectivity index is 1.55. The molecular formula is C18H17F2N5. The second kappa shape index (κ2) is 6.51. The Morgan fingerprint density at radius 3 is 2.40 bits per heavy atom. The van der Waals surface area contributed by atoms with Gasteiger partial charge in [0.25, 0.3) is 0 Å². The summed E-state index contributed by atoms with van der Waals surface area (Å²) in [6.07, 6.45) is 3.78. The van der Waals surface area contributed by atoms with Gasteiger partial charge in [-0.15, -0.1) is 5.10 Å². The first-order valence-electron chi connectivity index (χ1n) is 8.17. The average Bonchev–Trinajstić information content (AvgIpc) is 3.27. The Hall–Kier alpha value is -2.96. The Labute approximate surface area is 143 Å². The van der Waals surface area contributed by atoms with E-state index < -0.39 is 0 Å². The van der Waals surface area contributed by atoms with Gasteiger partial charge < -0.3 is 10.2 Å². The molecule has 3 aromatic rings. The van der Waals surface area contributed by atoms with Gasteiger partial charge in [-0.2, -0.15) is 4.98 Å². The van der Waals surface area contributed by atoms with E-state index in [0.717, 1.165) is 31.6 Å². The van der Waals surface area contributed by atoms with Crippen LogP contribution < -0.4 is 10.2 Å². The Bertz CT molecular complexity index is 869. The van der Waals surface area contributed by atoms with Crippen LogP contribution in [0.4, 0.5) is 26.1 Å². The van der Waals surface area contributed by atoms with Gasteiger partial charge in [-0.1, -0.05) is 0 Å². The van der Waals surface area contributed by atoms with Gasteiger partial charge in [0.05, 0.1) is 5.69 Å². The fourth-order valence-corrected chi connectivity index (χ4v) is 2.97. The van der Waals surface area contributed by atoms with E-state index in [1.807, 2.05) is 6.07 Å². The van der Waals surface area contributed by atoms with Crippen LogP contribution in [0.1, 0.15) is 12.8 Å². The van der Waals surface area contributed by atoms with E-state index in [-0.39, 0.29) is 11.6 Å². The number of halogens is 2. The van der Waals surface area contributed by atoms with Crippen LogP contribution in [0.15, 0.2) is 48.8 Å². The molecule has 0 spiro atoms. The van der Waals surface area contributed by atoms with E-state index in [4.69, 9.17) is 0 Å². The number of anilines is 3. The van der Waals surface area contributed by atoms with Gasteiger partial charge in [-0.25, -0.2) is 13.5 Å². The number of aromatic nitrogens is 3. The minimum Gasteiger partial charge on any atom is -0.371 e. The zero-order valence-corrected chi connectivity index (χ0v) is 13.5. The summed E-state index contributed by atoms with van der Waals surface area (Å²) in [5, 5.41) is 7.32. The molecule has 1 N–H and O–H groups in total. The fourth-order valence-electron chi connectivity index (χ4n) is 2.97. The minimum atomic E-state index is -0.309. The summed E-state index contributed by atoms with van der Waals surface area (Å²) in [5.41, 5.74) is 2.15. The molecule has 0 aliphatic carbocycles.